The van der Waals surface area contributed by atoms with Gasteiger partial charge in [0.25, 0.3) is 0 Å². The molecule has 0 bridgehead atoms. The molecule has 1 aromatic rings. The summed E-state index contributed by atoms with van der Waals surface area (Å²) >= 11 is 0. The number of nitrogens with two attached hydrogens (primary N) is 1. The van der Waals surface area contributed by atoms with Crippen molar-refractivity contribution in [1.82, 2.24) is 0 Å². The maximum atomic E-state index is 9.28. The van der Waals surface area contributed by atoms with Crippen LogP contribution < -0.4 is 5.73 Å². The van der Waals surface area contributed by atoms with Gasteiger partial charge in [0, 0.05) is 18.1 Å². The summed E-state index contributed by atoms with van der Waals surface area (Å²) in [5.41, 5.74) is 9.93. The van der Waals surface area contributed by atoms with Gasteiger partial charge in [0.15, 0.2) is 0 Å². The van der Waals surface area contributed by atoms with E-state index in [1.54, 1.807) is 0 Å². The molecule has 0 aliphatic rings. The van der Waals surface area contributed by atoms with E-state index in [-0.39, 0.29) is 18.1 Å². The minimum atomic E-state index is -0.137. The largest absolute Gasteiger partial charge is 0.396 e. The van der Waals surface area contributed by atoms with Crippen LogP contribution in [-0.4, -0.2) is 17.8 Å². The van der Waals surface area contributed by atoms with Gasteiger partial charge in [-0.2, -0.15) is 0 Å². The van der Waals surface area contributed by atoms with E-state index in [4.69, 9.17) is 5.73 Å². The van der Waals surface area contributed by atoms with Gasteiger partial charge in [-0.15, -0.1) is 0 Å². The number of hydrogen-bond acceptors (Lipinski definition) is 2. The Bertz CT molecular complexity index is 375. The Balaban J connectivity index is 3.17. The van der Waals surface area contributed by atoms with E-state index >= 15 is 0 Å². The van der Waals surface area contributed by atoms with Gasteiger partial charge >= 0.3 is 0 Å². The van der Waals surface area contributed by atoms with Crippen molar-refractivity contribution in [2.24, 2.45) is 5.73 Å². The zero-order chi connectivity index (χ0) is 13.1. The molecule has 96 valence electrons. The van der Waals surface area contributed by atoms with Crippen LogP contribution in [0.3, 0.4) is 0 Å². The topological polar surface area (TPSA) is 46.2 Å². The number of aliphatic hydroxyl groups excluding tert-OH is 1. The molecule has 0 radical (unpaired) electrons. The molecular weight excluding hydrogens is 210 g/mol. The molecule has 0 aliphatic carbocycles. The van der Waals surface area contributed by atoms with Gasteiger partial charge in [-0.05, 0) is 43.4 Å². The average Bonchev–Trinajstić information content (AvgIpc) is 2.31. The number of hydrogen-bond donors (Lipinski definition) is 2. The van der Waals surface area contributed by atoms with Crippen molar-refractivity contribution in [3.05, 3.63) is 34.9 Å². The summed E-state index contributed by atoms with van der Waals surface area (Å²) in [7, 11) is 0. The predicted octanol–water partition coefficient (Wildman–Crippen LogP) is 2.68. The van der Waals surface area contributed by atoms with Crippen LogP contribution in [0.4, 0.5) is 0 Å². The third-order valence-electron chi connectivity index (χ3n) is 4.06. The molecule has 1 aromatic carbocycles. The second-order valence-corrected chi connectivity index (χ2v) is 5.20. The van der Waals surface area contributed by atoms with Gasteiger partial charge in [-0.3, -0.25) is 0 Å². The molecule has 17 heavy (non-hydrogen) atoms. The van der Waals surface area contributed by atoms with Gasteiger partial charge in [0.05, 0.1) is 0 Å². The van der Waals surface area contributed by atoms with E-state index in [0.29, 0.717) is 6.42 Å². The van der Waals surface area contributed by atoms with Crippen molar-refractivity contribution in [3.63, 3.8) is 0 Å². The molecule has 0 saturated heterocycles. The molecule has 0 saturated carbocycles. The molecule has 0 spiro atoms. The maximum Gasteiger partial charge on any atom is 0.0440 e. The van der Waals surface area contributed by atoms with Crippen LogP contribution >= 0.6 is 0 Å². The van der Waals surface area contributed by atoms with Crippen molar-refractivity contribution >= 4 is 0 Å². The molecule has 2 nitrogen and oxygen atoms in total. The molecule has 0 aromatic heterocycles. The lowest BCUT2D eigenvalue weighted by Crippen LogP contribution is -2.43. The minimum Gasteiger partial charge on any atom is -0.396 e. The van der Waals surface area contributed by atoms with Gasteiger partial charge < -0.3 is 10.8 Å². The monoisotopic (exact) mass is 235 g/mol. The molecular formula is C15H25NO. The summed E-state index contributed by atoms with van der Waals surface area (Å²) in [6, 6.07) is 6.58. The first-order valence-electron chi connectivity index (χ1n) is 6.40. The molecule has 0 fully saturated rings. The molecule has 0 aliphatic heterocycles. The summed E-state index contributed by atoms with van der Waals surface area (Å²) in [6.07, 6.45) is 1.63. The van der Waals surface area contributed by atoms with Gasteiger partial charge in [-0.25, -0.2) is 0 Å². The third-order valence-corrected chi connectivity index (χ3v) is 4.06. The summed E-state index contributed by atoms with van der Waals surface area (Å²) in [6.45, 7) is 8.66. The fourth-order valence-electron chi connectivity index (χ4n) is 2.32. The Morgan fingerprint density at radius 2 is 1.94 bits per heavy atom. The fourth-order valence-corrected chi connectivity index (χ4v) is 2.32. The normalized spacial score (nSPS) is 16.6. The van der Waals surface area contributed by atoms with Crippen molar-refractivity contribution in [2.75, 3.05) is 6.61 Å². The van der Waals surface area contributed by atoms with Gasteiger partial charge in [0.1, 0.15) is 0 Å². The van der Waals surface area contributed by atoms with Crippen LogP contribution in [0, 0.1) is 13.8 Å². The average molecular weight is 235 g/mol. The zero-order valence-corrected chi connectivity index (χ0v) is 11.5. The van der Waals surface area contributed by atoms with Crippen LogP contribution in [0.15, 0.2) is 18.2 Å². The first-order chi connectivity index (χ1) is 7.95. The Morgan fingerprint density at radius 1 is 1.29 bits per heavy atom. The molecule has 1 rings (SSSR count). The Morgan fingerprint density at radius 3 is 2.41 bits per heavy atom. The van der Waals surface area contributed by atoms with Crippen molar-refractivity contribution in [3.8, 4) is 0 Å². The van der Waals surface area contributed by atoms with Crippen molar-refractivity contribution in [2.45, 2.75) is 52.0 Å². The van der Waals surface area contributed by atoms with E-state index in [1.807, 2.05) is 0 Å². The first-order valence-corrected chi connectivity index (χ1v) is 6.40. The van der Waals surface area contributed by atoms with E-state index < -0.39 is 0 Å². The SMILES string of the molecule is CCC(N)C(C)(CCO)c1ccc(C)c(C)c1. The highest BCUT2D eigenvalue weighted by Crippen LogP contribution is 2.32. The molecule has 2 atom stereocenters. The van der Waals surface area contributed by atoms with Crippen LogP contribution in [-0.2, 0) is 5.41 Å². The molecule has 2 heteroatoms. The fraction of sp³-hybridized carbons (Fsp3) is 0.600. The highest BCUT2D eigenvalue weighted by Gasteiger charge is 2.32. The third kappa shape index (κ3) is 2.88. The Hall–Kier alpha value is -0.860. The Labute approximate surface area is 105 Å². The van der Waals surface area contributed by atoms with Crippen molar-refractivity contribution in [1.29, 1.82) is 0 Å². The molecule has 2 unspecified atom stereocenters. The summed E-state index contributed by atoms with van der Waals surface area (Å²) in [5.74, 6) is 0. The quantitative estimate of drug-likeness (QED) is 0.824. The lowest BCUT2D eigenvalue weighted by Gasteiger charge is -2.35. The molecule has 0 amide bonds. The maximum absolute atomic E-state index is 9.28. The van der Waals surface area contributed by atoms with Crippen molar-refractivity contribution < 1.29 is 5.11 Å². The highest BCUT2D eigenvalue weighted by molar-refractivity contribution is 5.35. The number of benzene rings is 1. The van der Waals surface area contributed by atoms with E-state index in [2.05, 4.69) is 45.9 Å². The van der Waals surface area contributed by atoms with Crippen LogP contribution in [0.25, 0.3) is 0 Å². The molecule has 3 N–H and O–H groups in total. The predicted molar refractivity (Wildman–Crippen MR) is 73.2 cm³/mol. The number of rotatable bonds is 5. The molecule has 0 heterocycles. The number of aliphatic hydroxyl groups is 1. The second-order valence-electron chi connectivity index (χ2n) is 5.20. The van der Waals surface area contributed by atoms with Crippen LogP contribution in [0.5, 0.6) is 0 Å². The van der Waals surface area contributed by atoms with E-state index in [1.165, 1.54) is 16.7 Å². The standard InChI is InChI=1S/C15H25NO/c1-5-14(16)15(4,8-9-17)13-7-6-11(2)12(3)10-13/h6-7,10,14,17H,5,8-9,16H2,1-4H3. The summed E-state index contributed by atoms with van der Waals surface area (Å²) in [5, 5.41) is 9.28. The highest BCUT2D eigenvalue weighted by atomic mass is 16.3. The minimum absolute atomic E-state index is 0.0803. The smallest absolute Gasteiger partial charge is 0.0440 e. The van der Waals surface area contributed by atoms with E-state index in [0.717, 1.165) is 6.42 Å². The zero-order valence-electron chi connectivity index (χ0n) is 11.5. The summed E-state index contributed by atoms with van der Waals surface area (Å²) in [4.78, 5) is 0. The van der Waals surface area contributed by atoms with E-state index in [9.17, 15) is 5.11 Å². The lowest BCUT2D eigenvalue weighted by atomic mass is 9.72. The van der Waals surface area contributed by atoms with Crippen LogP contribution in [0.2, 0.25) is 0 Å². The summed E-state index contributed by atoms with van der Waals surface area (Å²) < 4.78 is 0. The Kier molecular flexibility index (Phi) is 4.72. The van der Waals surface area contributed by atoms with Crippen LogP contribution in [0.1, 0.15) is 43.4 Å². The lowest BCUT2D eigenvalue weighted by molar-refractivity contribution is 0.223. The van der Waals surface area contributed by atoms with Gasteiger partial charge in [-0.1, -0.05) is 32.0 Å². The number of aryl methyl sites for hydroxylation is 2. The second kappa shape index (κ2) is 5.65. The first kappa shape index (κ1) is 14.2. The van der Waals surface area contributed by atoms with Gasteiger partial charge in [0.2, 0.25) is 0 Å².